The van der Waals surface area contributed by atoms with Crippen molar-refractivity contribution in [2.45, 2.75) is 18.3 Å². The number of aromatic nitrogens is 4. The number of hydrogen-bond acceptors (Lipinski definition) is 11. The van der Waals surface area contributed by atoms with Crippen LogP contribution >= 0.6 is 24.8 Å². The summed E-state index contributed by atoms with van der Waals surface area (Å²) in [4.78, 5) is 15.2. The van der Waals surface area contributed by atoms with Gasteiger partial charge in [-0.3, -0.25) is 19.9 Å². The van der Waals surface area contributed by atoms with Gasteiger partial charge in [-0.2, -0.15) is 0 Å². The molecule has 0 aliphatic carbocycles. The predicted molar refractivity (Wildman–Crippen MR) is 166 cm³/mol. The highest BCUT2D eigenvalue weighted by Gasteiger charge is 2.04. The van der Waals surface area contributed by atoms with E-state index in [-0.39, 0.29) is 44.6 Å². The lowest BCUT2D eigenvalue weighted by molar-refractivity contribution is 0.0955. The van der Waals surface area contributed by atoms with Crippen LogP contribution in [0, 0.1) is 0 Å². The largest absolute Gasteiger partial charge is 0.400 e. The SMILES string of the molecule is C=Cc1ccncc1.CO.Cl.Cl.OCC(O)c1ccncc1.OCC(O)c1ccncc1.OCC(O)c1ccncc1. The topological polar surface area (TPSA) is 193 Å². The zero-order chi connectivity index (χ0) is 30.0. The van der Waals surface area contributed by atoms with E-state index in [1.165, 1.54) is 0 Å². The lowest BCUT2D eigenvalue weighted by Crippen LogP contribution is -2.01. The highest BCUT2D eigenvalue weighted by Crippen LogP contribution is 2.10. The Hall–Kier alpha value is -3.36. The van der Waals surface area contributed by atoms with Gasteiger partial charge in [0.2, 0.25) is 0 Å². The second-order valence-corrected chi connectivity index (χ2v) is 7.42. The number of nitrogens with zero attached hydrogens (tertiary/aromatic N) is 4. The fraction of sp³-hybridized carbons (Fsp3) is 0.241. The molecule has 4 aromatic rings. The lowest BCUT2D eigenvalue weighted by Gasteiger charge is -2.04. The quantitative estimate of drug-likeness (QED) is 0.159. The Labute approximate surface area is 258 Å². The Morgan fingerprint density at radius 3 is 0.905 bits per heavy atom. The normalized spacial score (nSPS) is 11.0. The van der Waals surface area contributed by atoms with Crippen LogP contribution in [0.4, 0.5) is 0 Å². The summed E-state index contributed by atoms with van der Waals surface area (Å²) in [5, 5.41) is 59.7. The van der Waals surface area contributed by atoms with Gasteiger partial charge in [-0.25, -0.2) is 0 Å². The molecule has 0 saturated heterocycles. The molecule has 0 bridgehead atoms. The minimum atomic E-state index is -0.775. The number of rotatable bonds is 7. The maximum absolute atomic E-state index is 9.05. The maximum Gasteiger partial charge on any atom is 0.102 e. The van der Waals surface area contributed by atoms with E-state index in [4.69, 9.17) is 35.7 Å². The summed E-state index contributed by atoms with van der Waals surface area (Å²) in [7, 11) is 1.00. The van der Waals surface area contributed by atoms with E-state index in [1.807, 2.05) is 12.1 Å². The molecule has 3 atom stereocenters. The van der Waals surface area contributed by atoms with E-state index in [0.717, 1.165) is 12.7 Å². The van der Waals surface area contributed by atoms with Gasteiger partial charge in [0.1, 0.15) is 18.3 Å². The van der Waals surface area contributed by atoms with Crippen LogP contribution in [0.25, 0.3) is 6.08 Å². The van der Waals surface area contributed by atoms with Crippen molar-refractivity contribution < 1.29 is 35.7 Å². The highest BCUT2D eigenvalue weighted by molar-refractivity contribution is 5.85. The van der Waals surface area contributed by atoms with Gasteiger partial charge < -0.3 is 35.7 Å². The molecule has 0 saturated carbocycles. The molecule has 0 aliphatic heterocycles. The van der Waals surface area contributed by atoms with E-state index in [2.05, 4.69) is 26.5 Å². The molecular formula is C29H40Cl2N4O7. The highest BCUT2D eigenvalue weighted by atomic mass is 35.5. The van der Waals surface area contributed by atoms with Crippen LogP contribution in [0.2, 0.25) is 0 Å². The van der Waals surface area contributed by atoms with E-state index in [0.29, 0.717) is 16.7 Å². The smallest absolute Gasteiger partial charge is 0.102 e. The number of halogens is 2. The third-order valence-electron chi connectivity index (χ3n) is 4.73. The van der Waals surface area contributed by atoms with Gasteiger partial charge in [0.25, 0.3) is 0 Å². The van der Waals surface area contributed by atoms with Crippen LogP contribution in [-0.2, 0) is 0 Å². The molecule has 13 heteroatoms. The minimum absolute atomic E-state index is 0. The molecule has 7 N–H and O–H groups in total. The van der Waals surface area contributed by atoms with Crippen molar-refractivity contribution in [3.63, 3.8) is 0 Å². The third kappa shape index (κ3) is 19.7. The Balaban J connectivity index is -0.000000467. The summed E-state index contributed by atoms with van der Waals surface area (Å²) in [5.41, 5.74) is 3.19. The van der Waals surface area contributed by atoms with E-state index < -0.39 is 18.3 Å². The van der Waals surface area contributed by atoms with Gasteiger partial charge >= 0.3 is 0 Å². The Morgan fingerprint density at radius 1 is 0.524 bits per heavy atom. The molecule has 0 aliphatic rings. The minimum Gasteiger partial charge on any atom is -0.400 e. The molecule has 4 aromatic heterocycles. The van der Waals surface area contributed by atoms with Crippen LogP contribution < -0.4 is 0 Å². The fourth-order valence-electron chi connectivity index (χ4n) is 2.57. The second kappa shape index (κ2) is 29.1. The first-order chi connectivity index (χ1) is 19.5. The van der Waals surface area contributed by atoms with Gasteiger partial charge in [-0.05, 0) is 70.8 Å². The number of hydrogen-bond donors (Lipinski definition) is 7. The Kier molecular flexibility index (Phi) is 29.9. The standard InChI is InChI=1S/3C7H9NO2.C7H7N.CH4O.2ClH/c3*9-5-7(10)6-1-3-8-4-2-6;1-2-7-3-5-8-6-4-7;1-2;;/h3*1-4,7,9-10H,5H2;2-6H,1H2;2H,1H3;2*1H. The zero-order valence-electron chi connectivity index (χ0n) is 23.1. The third-order valence-corrected chi connectivity index (χ3v) is 4.73. The molecule has 0 radical (unpaired) electrons. The van der Waals surface area contributed by atoms with E-state index in [9.17, 15) is 0 Å². The van der Waals surface area contributed by atoms with Crippen molar-refractivity contribution >= 4 is 30.9 Å². The molecule has 4 heterocycles. The van der Waals surface area contributed by atoms with Crippen LogP contribution in [0.5, 0.6) is 0 Å². The van der Waals surface area contributed by atoms with Crippen molar-refractivity contribution in [2.75, 3.05) is 26.9 Å². The molecule has 42 heavy (non-hydrogen) atoms. The summed E-state index contributed by atoms with van der Waals surface area (Å²) in [6.07, 6.45) is 12.4. The summed E-state index contributed by atoms with van der Waals surface area (Å²) in [6.45, 7) is 2.87. The number of aliphatic hydroxyl groups is 7. The van der Waals surface area contributed by atoms with Crippen LogP contribution in [0.1, 0.15) is 40.6 Å². The zero-order valence-corrected chi connectivity index (χ0v) is 24.7. The monoisotopic (exact) mass is 626 g/mol. The fourth-order valence-corrected chi connectivity index (χ4v) is 2.57. The maximum atomic E-state index is 9.05. The van der Waals surface area contributed by atoms with Crippen molar-refractivity contribution in [2.24, 2.45) is 0 Å². The first-order valence-corrected chi connectivity index (χ1v) is 12.0. The van der Waals surface area contributed by atoms with Crippen molar-refractivity contribution in [1.82, 2.24) is 19.9 Å². The lowest BCUT2D eigenvalue weighted by atomic mass is 10.2. The molecule has 0 aromatic carbocycles. The van der Waals surface area contributed by atoms with Crippen molar-refractivity contribution in [3.05, 3.63) is 127 Å². The molecule has 232 valence electrons. The van der Waals surface area contributed by atoms with Crippen LogP contribution in [0.3, 0.4) is 0 Å². The molecule has 11 nitrogen and oxygen atoms in total. The van der Waals surface area contributed by atoms with Gasteiger partial charge in [0, 0.05) is 56.7 Å². The molecule has 0 spiro atoms. The van der Waals surface area contributed by atoms with Gasteiger partial charge in [0.05, 0.1) is 19.8 Å². The average Bonchev–Trinajstić information content (AvgIpc) is 3.07. The summed E-state index contributed by atoms with van der Waals surface area (Å²) < 4.78 is 0. The molecule has 3 unspecified atom stereocenters. The molecular weight excluding hydrogens is 587 g/mol. The molecule has 0 amide bonds. The Morgan fingerprint density at radius 2 is 0.738 bits per heavy atom. The number of pyridine rings is 4. The Bertz CT molecular complexity index is 1000. The summed E-state index contributed by atoms with van der Waals surface area (Å²) >= 11 is 0. The van der Waals surface area contributed by atoms with Crippen LogP contribution in [-0.4, -0.2) is 82.6 Å². The number of aliphatic hydroxyl groups excluding tert-OH is 7. The van der Waals surface area contributed by atoms with Crippen LogP contribution in [0.15, 0.2) is 105 Å². The first-order valence-electron chi connectivity index (χ1n) is 12.0. The van der Waals surface area contributed by atoms with E-state index >= 15 is 0 Å². The predicted octanol–water partition coefficient (Wildman–Crippen LogP) is 2.50. The van der Waals surface area contributed by atoms with Gasteiger partial charge in [0.15, 0.2) is 0 Å². The average molecular weight is 628 g/mol. The molecule has 0 fully saturated rings. The first kappa shape index (κ1) is 43.1. The molecule has 4 rings (SSSR count). The van der Waals surface area contributed by atoms with Gasteiger partial charge in [-0.1, -0.05) is 12.7 Å². The second-order valence-electron chi connectivity index (χ2n) is 7.42. The summed E-state index contributed by atoms with van der Waals surface area (Å²) in [6, 6.07) is 13.8. The van der Waals surface area contributed by atoms with Crippen molar-refractivity contribution in [3.8, 4) is 0 Å². The van der Waals surface area contributed by atoms with Crippen molar-refractivity contribution in [1.29, 1.82) is 0 Å². The van der Waals surface area contributed by atoms with Gasteiger partial charge in [-0.15, -0.1) is 24.8 Å². The van der Waals surface area contributed by atoms with E-state index in [1.54, 1.807) is 92.0 Å². The summed E-state index contributed by atoms with van der Waals surface area (Å²) in [5.74, 6) is 0.